The summed E-state index contributed by atoms with van der Waals surface area (Å²) in [6.07, 6.45) is 2.09. The van der Waals surface area contributed by atoms with Crippen LogP contribution in [-0.2, 0) is 31.1 Å². The number of anilines is 1. The highest BCUT2D eigenvalue weighted by atomic mass is 79.9. The highest BCUT2D eigenvalue weighted by Gasteiger charge is 2.30. The van der Waals surface area contributed by atoms with Crippen LogP contribution < -0.4 is 19.7 Å². The maximum atomic E-state index is 12.3. The van der Waals surface area contributed by atoms with Gasteiger partial charge in [0.05, 0.1) is 38.8 Å². The lowest BCUT2D eigenvalue weighted by atomic mass is 10.1. The average molecular weight is 669 g/mol. The van der Waals surface area contributed by atoms with Gasteiger partial charge in [0.15, 0.2) is 12.3 Å². The van der Waals surface area contributed by atoms with Gasteiger partial charge in [0.25, 0.3) is 15.1 Å². The van der Waals surface area contributed by atoms with Gasteiger partial charge in [-0.3, -0.25) is 0 Å². The van der Waals surface area contributed by atoms with Crippen molar-refractivity contribution in [1.82, 2.24) is 5.48 Å². The molecule has 1 aromatic heterocycles. The Kier molecular flexibility index (Phi) is 8.47. The van der Waals surface area contributed by atoms with E-state index in [4.69, 9.17) is 9.02 Å². The van der Waals surface area contributed by atoms with E-state index in [9.17, 15) is 21.4 Å². The van der Waals surface area contributed by atoms with Gasteiger partial charge in [-0.25, -0.2) is 8.42 Å². The summed E-state index contributed by atoms with van der Waals surface area (Å²) in [5, 5.41) is 2.83. The van der Waals surface area contributed by atoms with Gasteiger partial charge in [0.1, 0.15) is 4.70 Å². The summed E-state index contributed by atoms with van der Waals surface area (Å²) < 4.78 is 73.8. The predicted molar refractivity (Wildman–Crippen MR) is 157 cm³/mol. The standard InChI is InChI=1S/C26H26BrN3O7S3/c1-2-28-37-40(34,35)14-5-12-30-25(38-23-11-8-18-6-3-4-7-20(18)26(23)30)17-24-29(13-15-39(31,32)33)21-16-19(27)9-10-22(21)36-24/h3-4,6-11,16-17,28H,2,5,12-15H2,1H3. The fourth-order valence-corrected chi connectivity index (χ4v) is 7.26. The molecule has 0 unspecified atom stereocenters. The molecule has 10 nitrogen and oxygen atoms in total. The van der Waals surface area contributed by atoms with Crippen molar-refractivity contribution in [1.29, 1.82) is 0 Å². The Morgan fingerprint density at radius 2 is 1.93 bits per heavy atom. The highest BCUT2D eigenvalue weighted by molar-refractivity contribution is 9.10. The number of rotatable bonds is 11. The number of hydrogen-bond donors (Lipinski definition) is 1. The number of nitrogens with one attached hydrogen (secondary N) is 1. The van der Waals surface area contributed by atoms with Crippen LogP contribution in [0, 0.1) is 0 Å². The van der Waals surface area contributed by atoms with Gasteiger partial charge in [-0.05, 0) is 35.7 Å². The molecule has 1 aliphatic heterocycles. The largest absolute Gasteiger partial charge is 0.748 e. The molecule has 0 fully saturated rings. The van der Waals surface area contributed by atoms with Crippen molar-refractivity contribution in [2.24, 2.45) is 0 Å². The zero-order valence-corrected chi connectivity index (χ0v) is 25.4. The lowest BCUT2D eigenvalue weighted by Gasteiger charge is -2.19. The fraction of sp³-hybridized carbons (Fsp3) is 0.269. The molecule has 2 heterocycles. The molecule has 0 radical (unpaired) electrons. The minimum Gasteiger partial charge on any atom is -0.748 e. The SMILES string of the molecule is CCNOS(=O)(=O)CCC[n+]1c(C=C2Oc3ccc(Br)cc3N2CCS(=O)(=O)[O-])sc2ccc3ccccc3c21. The molecule has 0 spiro atoms. The normalized spacial score (nSPS) is 14.8. The minimum absolute atomic E-state index is 0.0883. The van der Waals surface area contributed by atoms with E-state index in [2.05, 4.69) is 21.4 Å². The van der Waals surface area contributed by atoms with Crippen molar-refractivity contribution in [3.8, 4) is 5.75 Å². The van der Waals surface area contributed by atoms with Crippen LogP contribution in [0.4, 0.5) is 5.69 Å². The van der Waals surface area contributed by atoms with Gasteiger partial charge >= 0.3 is 0 Å². The van der Waals surface area contributed by atoms with Crippen LogP contribution in [0.5, 0.6) is 5.75 Å². The molecule has 40 heavy (non-hydrogen) atoms. The summed E-state index contributed by atoms with van der Waals surface area (Å²) in [5.74, 6) is 0.113. The number of fused-ring (bicyclic) bond motifs is 4. The number of aryl methyl sites for hydroxylation is 1. The maximum absolute atomic E-state index is 12.3. The van der Waals surface area contributed by atoms with Gasteiger partial charge in [-0.2, -0.15) is 22.7 Å². The number of ether oxygens (including phenoxy) is 1. The Morgan fingerprint density at radius 1 is 1.12 bits per heavy atom. The molecule has 0 saturated carbocycles. The van der Waals surface area contributed by atoms with Gasteiger partial charge in [0.2, 0.25) is 11.4 Å². The molecule has 1 aliphatic rings. The lowest BCUT2D eigenvalue weighted by Crippen LogP contribution is -2.37. The first kappa shape index (κ1) is 28.9. The summed E-state index contributed by atoms with van der Waals surface area (Å²) in [6, 6.07) is 17.4. The van der Waals surface area contributed by atoms with Crippen molar-refractivity contribution in [3.05, 3.63) is 70.0 Å². The Balaban J connectivity index is 1.58. The first-order valence-corrected chi connectivity index (χ1v) is 17.2. The summed E-state index contributed by atoms with van der Waals surface area (Å²) in [6.45, 7) is 2.38. The lowest BCUT2D eigenvalue weighted by molar-refractivity contribution is -0.667. The van der Waals surface area contributed by atoms with E-state index >= 15 is 0 Å². The molecule has 0 saturated heterocycles. The van der Waals surface area contributed by atoms with Gasteiger partial charge in [-0.1, -0.05) is 58.5 Å². The molecular weight excluding hydrogens is 642 g/mol. The Hall–Kier alpha value is -2.59. The van der Waals surface area contributed by atoms with E-state index in [-0.39, 0.29) is 18.7 Å². The van der Waals surface area contributed by atoms with Crippen LogP contribution in [0.3, 0.4) is 0 Å². The molecule has 0 amide bonds. The summed E-state index contributed by atoms with van der Waals surface area (Å²) >= 11 is 4.94. The van der Waals surface area contributed by atoms with E-state index < -0.39 is 26.0 Å². The Morgan fingerprint density at radius 3 is 2.70 bits per heavy atom. The number of benzene rings is 3. The number of halogens is 1. The van der Waals surface area contributed by atoms with E-state index in [1.54, 1.807) is 30.0 Å². The van der Waals surface area contributed by atoms with Crippen LogP contribution in [-0.4, -0.2) is 46.0 Å². The molecular formula is C26H26BrN3O7S3. The second-order valence-corrected chi connectivity index (χ2v) is 14.2. The number of thiazole rings is 1. The number of nitrogens with zero attached hydrogens (tertiary/aromatic N) is 2. The second-order valence-electron chi connectivity index (χ2n) is 9.03. The second kappa shape index (κ2) is 11.7. The molecule has 0 atom stereocenters. The fourth-order valence-electron chi connectivity index (χ4n) is 4.51. The summed E-state index contributed by atoms with van der Waals surface area (Å²) in [7, 11) is -8.23. The molecule has 14 heteroatoms. The van der Waals surface area contributed by atoms with Crippen molar-refractivity contribution in [3.63, 3.8) is 0 Å². The topological polar surface area (TPSA) is 129 Å². The van der Waals surface area contributed by atoms with Crippen LogP contribution in [0.1, 0.15) is 18.4 Å². The maximum Gasteiger partial charge on any atom is 0.283 e. The van der Waals surface area contributed by atoms with E-state index in [1.807, 2.05) is 47.0 Å². The third-order valence-electron chi connectivity index (χ3n) is 6.22. The molecule has 1 N–H and O–H groups in total. The van der Waals surface area contributed by atoms with Gasteiger partial charge < -0.3 is 14.2 Å². The quantitative estimate of drug-likeness (QED) is 0.143. The van der Waals surface area contributed by atoms with Crippen molar-refractivity contribution >= 4 is 80.3 Å². The Labute approximate surface area is 244 Å². The van der Waals surface area contributed by atoms with Crippen molar-refractivity contribution < 1.29 is 35.0 Å². The molecule has 0 bridgehead atoms. The minimum atomic E-state index is -4.47. The Bertz CT molecular complexity index is 1820. The number of hydroxylamine groups is 1. The van der Waals surface area contributed by atoms with E-state index in [0.717, 1.165) is 30.5 Å². The average Bonchev–Trinajstić information content (AvgIpc) is 3.43. The summed E-state index contributed by atoms with van der Waals surface area (Å²) in [5.41, 5.74) is 3.98. The first-order chi connectivity index (χ1) is 19.0. The predicted octanol–water partition coefficient (Wildman–Crippen LogP) is 4.11. The van der Waals surface area contributed by atoms with Gasteiger partial charge in [0, 0.05) is 24.0 Å². The van der Waals surface area contributed by atoms with Crippen molar-refractivity contribution in [2.75, 3.05) is 29.5 Å². The van der Waals surface area contributed by atoms with Crippen LogP contribution >= 0.6 is 27.3 Å². The van der Waals surface area contributed by atoms with Crippen LogP contribution in [0.25, 0.3) is 27.1 Å². The zero-order chi connectivity index (χ0) is 28.5. The van der Waals surface area contributed by atoms with E-state index in [1.165, 1.54) is 11.3 Å². The molecule has 3 aromatic carbocycles. The van der Waals surface area contributed by atoms with E-state index in [0.29, 0.717) is 30.4 Å². The van der Waals surface area contributed by atoms with Crippen LogP contribution in [0.15, 0.2) is 65.0 Å². The monoisotopic (exact) mass is 667 g/mol. The third kappa shape index (κ3) is 6.48. The first-order valence-electron chi connectivity index (χ1n) is 12.4. The van der Waals surface area contributed by atoms with Gasteiger partial charge in [-0.15, -0.1) is 0 Å². The number of hydrogen-bond acceptors (Lipinski definition) is 10. The molecule has 212 valence electrons. The molecule has 0 aliphatic carbocycles. The number of aromatic nitrogens is 1. The molecule has 4 aromatic rings. The van der Waals surface area contributed by atoms with Crippen LogP contribution in [0.2, 0.25) is 0 Å². The highest BCUT2D eigenvalue weighted by Crippen LogP contribution is 2.41. The smallest absolute Gasteiger partial charge is 0.283 e. The third-order valence-corrected chi connectivity index (χ3v) is 9.66. The zero-order valence-electron chi connectivity index (χ0n) is 21.4. The summed E-state index contributed by atoms with van der Waals surface area (Å²) in [4.78, 5) is 1.66. The molecule has 5 rings (SSSR count). The van der Waals surface area contributed by atoms with Crippen molar-refractivity contribution in [2.45, 2.75) is 19.9 Å².